The first kappa shape index (κ1) is 21.4. The maximum absolute atomic E-state index is 12.5. The summed E-state index contributed by atoms with van der Waals surface area (Å²) in [5.74, 6) is -0.322. The average molecular weight is 469 g/mol. The summed E-state index contributed by atoms with van der Waals surface area (Å²) in [7, 11) is -4.02. The van der Waals surface area contributed by atoms with Crippen LogP contribution in [-0.2, 0) is 16.6 Å². The third-order valence-corrected chi connectivity index (χ3v) is 6.89. The second-order valence-electron chi connectivity index (χ2n) is 6.70. The standard InChI is InChI=1S/C21H16N4O5S2/c26-21(22-13-20-23-18-6-1-2-7-19(18)31-20)14-8-10-15(11-9-14)24-32(29,30)17-5-3-4-16(12-17)25(27)28/h1-12,24H,13H2,(H,22,26). The molecule has 1 aromatic heterocycles. The molecule has 0 radical (unpaired) electrons. The fourth-order valence-corrected chi connectivity index (χ4v) is 4.93. The van der Waals surface area contributed by atoms with Gasteiger partial charge < -0.3 is 5.32 Å². The van der Waals surface area contributed by atoms with E-state index in [1.165, 1.54) is 53.8 Å². The van der Waals surface area contributed by atoms with Gasteiger partial charge in [-0.05, 0) is 42.5 Å². The molecule has 0 saturated carbocycles. The van der Waals surface area contributed by atoms with E-state index in [9.17, 15) is 23.3 Å². The number of nitro groups is 1. The number of nitrogens with one attached hydrogen (secondary N) is 2. The summed E-state index contributed by atoms with van der Waals surface area (Å²) in [5.41, 5.74) is 1.12. The highest BCUT2D eigenvalue weighted by Gasteiger charge is 2.18. The molecule has 9 nitrogen and oxygen atoms in total. The molecule has 0 aliphatic carbocycles. The van der Waals surface area contributed by atoms with E-state index in [0.29, 0.717) is 5.56 Å². The number of carbonyl (C=O) groups excluding carboxylic acids is 1. The van der Waals surface area contributed by atoms with Gasteiger partial charge in [0, 0.05) is 23.4 Å². The van der Waals surface area contributed by atoms with Gasteiger partial charge >= 0.3 is 0 Å². The maximum atomic E-state index is 12.5. The summed E-state index contributed by atoms with van der Waals surface area (Å²) < 4.78 is 28.4. The molecule has 0 atom stereocenters. The number of carbonyl (C=O) groups is 1. The van der Waals surface area contributed by atoms with E-state index in [0.717, 1.165) is 21.3 Å². The van der Waals surface area contributed by atoms with Crippen LogP contribution in [0.5, 0.6) is 0 Å². The largest absolute Gasteiger partial charge is 0.346 e. The van der Waals surface area contributed by atoms with Crippen molar-refractivity contribution in [3.8, 4) is 0 Å². The van der Waals surface area contributed by atoms with Gasteiger partial charge in [-0.25, -0.2) is 13.4 Å². The molecule has 4 rings (SSSR count). The predicted molar refractivity (Wildman–Crippen MR) is 121 cm³/mol. The van der Waals surface area contributed by atoms with Crippen molar-refractivity contribution in [3.63, 3.8) is 0 Å². The number of sulfonamides is 1. The number of non-ortho nitro benzene ring substituents is 1. The smallest absolute Gasteiger partial charge is 0.270 e. The van der Waals surface area contributed by atoms with Gasteiger partial charge in [0.05, 0.1) is 26.6 Å². The van der Waals surface area contributed by atoms with Crippen LogP contribution in [0.2, 0.25) is 0 Å². The monoisotopic (exact) mass is 468 g/mol. The molecule has 0 aliphatic rings. The summed E-state index contributed by atoms with van der Waals surface area (Å²) in [6, 6.07) is 18.3. The highest BCUT2D eigenvalue weighted by atomic mass is 32.2. The third-order valence-electron chi connectivity index (χ3n) is 4.48. The fourth-order valence-electron chi connectivity index (χ4n) is 2.92. The average Bonchev–Trinajstić information content (AvgIpc) is 3.21. The lowest BCUT2D eigenvalue weighted by Crippen LogP contribution is -2.22. The Kier molecular flexibility index (Phi) is 5.84. The quantitative estimate of drug-likeness (QED) is 0.312. The first-order valence-corrected chi connectivity index (χ1v) is 11.6. The van der Waals surface area contributed by atoms with Gasteiger partial charge in [0.1, 0.15) is 5.01 Å². The Bertz CT molecular complexity index is 1380. The summed E-state index contributed by atoms with van der Waals surface area (Å²) in [5, 5.41) is 14.4. The van der Waals surface area contributed by atoms with Crippen molar-refractivity contribution in [3.05, 3.63) is 93.5 Å². The Labute approximate surface area is 186 Å². The van der Waals surface area contributed by atoms with Gasteiger partial charge in [-0.1, -0.05) is 18.2 Å². The molecule has 0 bridgehead atoms. The van der Waals surface area contributed by atoms with Crippen LogP contribution in [0.25, 0.3) is 10.2 Å². The number of benzene rings is 3. The minimum Gasteiger partial charge on any atom is -0.346 e. The lowest BCUT2D eigenvalue weighted by molar-refractivity contribution is -0.385. The minimum atomic E-state index is -4.02. The topological polar surface area (TPSA) is 131 Å². The highest BCUT2D eigenvalue weighted by Crippen LogP contribution is 2.22. The van der Waals surface area contributed by atoms with Crippen molar-refractivity contribution < 1.29 is 18.1 Å². The third kappa shape index (κ3) is 4.74. The van der Waals surface area contributed by atoms with E-state index in [4.69, 9.17) is 0 Å². The number of anilines is 1. The molecular weight excluding hydrogens is 452 g/mol. The fraction of sp³-hybridized carbons (Fsp3) is 0.0476. The SMILES string of the molecule is O=C(NCc1nc2ccccc2s1)c1ccc(NS(=O)(=O)c2cccc([N+](=O)[O-])c2)cc1. The number of hydrogen-bond donors (Lipinski definition) is 2. The molecule has 1 amide bonds. The van der Waals surface area contributed by atoms with Gasteiger partial charge in [-0.2, -0.15) is 0 Å². The normalized spacial score (nSPS) is 11.2. The number of para-hydroxylation sites is 1. The Balaban J connectivity index is 1.41. The lowest BCUT2D eigenvalue weighted by Gasteiger charge is -2.09. The summed E-state index contributed by atoms with van der Waals surface area (Å²) >= 11 is 1.50. The number of nitrogens with zero attached hydrogens (tertiary/aromatic N) is 2. The Morgan fingerprint density at radius 1 is 1.03 bits per heavy atom. The van der Waals surface area contributed by atoms with Crippen molar-refractivity contribution in [2.24, 2.45) is 0 Å². The van der Waals surface area contributed by atoms with E-state index in [2.05, 4.69) is 15.0 Å². The van der Waals surface area contributed by atoms with Crippen LogP contribution in [-0.4, -0.2) is 24.2 Å². The molecule has 0 spiro atoms. The molecule has 0 saturated heterocycles. The van der Waals surface area contributed by atoms with Crippen LogP contribution < -0.4 is 10.0 Å². The molecule has 32 heavy (non-hydrogen) atoms. The van der Waals surface area contributed by atoms with Gasteiger partial charge in [-0.3, -0.25) is 19.6 Å². The number of nitro benzene ring substituents is 1. The molecule has 4 aromatic rings. The number of amides is 1. The zero-order chi connectivity index (χ0) is 22.7. The van der Waals surface area contributed by atoms with Crippen molar-refractivity contribution in [1.82, 2.24) is 10.3 Å². The Hall–Kier alpha value is -3.83. The maximum Gasteiger partial charge on any atom is 0.270 e. The molecule has 162 valence electrons. The second kappa shape index (κ2) is 8.73. The second-order valence-corrected chi connectivity index (χ2v) is 9.49. The predicted octanol–water partition coefficient (Wildman–Crippen LogP) is 3.94. The van der Waals surface area contributed by atoms with E-state index in [1.807, 2.05) is 24.3 Å². The number of aromatic nitrogens is 1. The highest BCUT2D eigenvalue weighted by molar-refractivity contribution is 7.92. The first-order valence-electron chi connectivity index (χ1n) is 9.32. The van der Waals surface area contributed by atoms with Crippen LogP contribution in [0.1, 0.15) is 15.4 Å². The lowest BCUT2D eigenvalue weighted by atomic mass is 10.2. The number of rotatable bonds is 7. The van der Waals surface area contributed by atoms with Crippen LogP contribution in [0.4, 0.5) is 11.4 Å². The molecule has 0 fully saturated rings. The van der Waals surface area contributed by atoms with E-state index in [1.54, 1.807) is 0 Å². The molecule has 2 N–H and O–H groups in total. The Morgan fingerprint density at radius 3 is 2.50 bits per heavy atom. The van der Waals surface area contributed by atoms with E-state index in [-0.39, 0.29) is 28.7 Å². The van der Waals surface area contributed by atoms with Crippen LogP contribution >= 0.6 is 11.3 Å². The van der Waals surface area contributed by atoms with Crippen molar-refractivity contribution >= 4 is 48.9 Å². The van der Waals surface area contributed by atoms with Gasteiger partial charge in [-0.15, -0.1) is 11.3 Å². The van der Waals surface area contributed by atoms with Crippen molar-refractivity contribution in [2.45, 2.75) is 11.4 Å². The molecule has 3 aromatic carbocycles. The van der Waals surface area contributed by atoms with Crippen LogP contribution in [0, 0.1) is 10.1 Å². The van der Waals surface area contributed by atoms with Crippen LogP contribution in [0.3, 0.4) is 0 Å². The zero-order valence-electron chi connectivity index (χ0n) is 16.4. The van der Waals surface area contributed by atoms with E-state index >= 15 is 0 Å². The zero-order valence-corrected chi connectivity index (χ0v) is 18.0. The Morgan fingerprint density at radius 2 is 1.78 bits per heavy atom. The van der Waals surface area contributed by atoms with E-state index < -0.39 is 14.9 Å². The van der Waals surface area contributed by atoms with Crippen LogP contribution in [0.15, 0.2) is 77.7 Å². The molecule has 1 heterocycles. The molecular formula is C21H16N4O5S2. The summed E-state index contributed by atoms with van der Waals surface area (Å²) in [6.45, 7) is 0.277. The van der Waals surface area contributed by atoms with Crippen molar-refractivity contribution in [2.75, 3.05) is 4.72 Å². The minimum absolute atomic E-state index is 0.222. The van der Waals surface area contributed by atoms with Crippen molar-refractivity contribution in [1.29, 1.82) is 0 Å². The molecule has 0 unspecified atom stereocenters. The number of hydrogen-bond acceptors (Lipinski definition) is 7. The van der Waals surface area contributed by atoms with Gasteiger partial charge in [0.25, 0.3) is 21.6 Å². The molecule has 11 heteroatoms. The number of thiazole rings is 1. The molecule has 0 aliphatic heterocycles. The summed E-state index contributed by atoms with van der Waals surface area (Å²) in [6.07, 6.45) is 0. The summed E-state index contributed by atoms with van der Waals surface area (Å²) in [4.78, 5) is 26.9. The number of fused-ring (bicyclic) bond motifs is 1. The van der Waals surface area contributed by atoms with Gasteiger partial charge in [0.15, 0.2) is 0 Å². The first-order chi connectivity index (χ1) is 15.3. The van der Waals surface area contributed by atoms with Gasteiger partial charge in [0.2, 0.25) is 0 Å².